The Balaban J connectivity index is 1.70. The lowest BCUT2D eigenvalue weighted by molar-refractivity contribution is -0.112. The van der Waals surface area contributed by atoms with E-state index in [0.29, 0.717) is 5.69 Å². The van der Waals surface area contributed by atoms with Crippen LogP contribution in [-0.4, -0.2) is 5.91 Å². The summed E-state index contributed by atoms with van der Waals surface area (Å²) in [6.07, 6.45) is 7.23. The van der Waals surface area contributed by atoms with Gasteiger partial charge in [-0.15, -0.1) is 0 Å². The molecule has 0 radical (unpaired) electrons. The average Bonchev–Trinajstić information content (AvgIpc) is 2.72. The summed E-state index contributed by atoms with van der Waals surface area (Å²) in [5.41, 5.74) is 5.96. The zero-order valence-corrected chi connectivity index (χ0v) is 16.6. The average molecular weight is 374 g/mol. The standard InChI is InChI=1S/C24H27N3O/c1-3-23(20-11-10-18-6-4-5-7-19(18)14-20)26-16-21(15-25)24(28)27-22-12-8-17(2)9-13-22/h8-14,16,23,26H,3-7H2,1-2H3,(H,27,28)/b21-16-. The van der Waals surface area contributed by atoms with Crippen LogP contribution in [0.3, 0.4) is 0 Å². The fraction of sp³-hybridized carbons (Fsp3) is 0.333. The Morgan fingerprint density at radius 3 is 2.54 bits per heavy atom. The summed E-state index contributed by atoms with van der Waals surface area (Å²) in [5, 5.41) is 15.5. The number of amides is 1. The molecule has 2 aromatic carbocycles. The van der Waals surface area contributed by atoms with E-state index >= 15 is 0 Å². The van der Waals surface area contributed by atoms with Crippen molar-refractivity contribution < 1.29 is 4.79 Å². The van der Waals surface area contributed by atoms with Crippen LogP contribution in [0.4, 0.5) is 5.69 Å². The number of hydrogen-bond donors (Lipinski definition) is 2. The highest BCUT2D eigenvalue weighted by atomic mass is 16.1. The third-order valence-electron chi connectivity index (χ3n) is 5.29. The van der Waals surface area contributed by atoms with Crippen LogP contribution in [0.15, 0.2) is 54.2 Å². The van der Waals surface area contributed by atoms with Crippen LogP contribution in [0.1, 0.15) is 54.5 Å². The molecule has 3 rings (SSSR count). The summed E-state index contributed by atoms with van der Waals surface area (Å²) >= 11 is 0. The molecule has 4 heteroatoms. The van der Waals surface area contributed by atoms with E-state index in [0.717, 1.165) is 24.8 Å². The molecule has 144 valence electrons. The van der Waals surface area contributed by atoms with Gasteiger partial charge in [0.15, 0.2) is 0 Å². The topological polar surface area (TPSA) is 64.9 Å². The number of nitrogens with one attached hydrogen (secondary N) is 2. The highest BCUT2D eigenvalue weighted by molar-refractivity contribution is 6.06. The normalized spacial score (nSPS) is 14.5. The summed E-state index contributed by atoms with van der Waals surface area (Å²) in [6.45, 7) is 4.09. The predicted molar refractivity (Wildman–Crippen MR) is 113 cm³/mol. The number of nitrogens with zero attached hydrogens (tertiary/aromatic N) is 1. The third kappa shape index (κ3) is 4.80. The smallest absolute Gasteiger partial charge is 0.267 e. The Bertz CT molecular complexity index is 906. The maximum Gasteiger partial charge on any atom is 0.267 e. The van der Waals surface area contributed by atoms with Gasteiger partial charge in [-0.25, -0.2) is 0 Å². The van der Waals surface area contributed by atoms with Crippen LogP contribution >= 0.6 is 0 Å². The van der Waals surface area contributed by atoms with Gasteiger partial charge in [0.2, 0.25) is 0 Å². The first-order chi connectivity index (χ1) is 13.6. The molecular formula is C24H27N3O. The van der Waals surface area contributed by atoms with E-state index in [2.05, 4.69) is 35.8 Å². The van der Waals surface area contributed by atoms with E-state index in [-0.39, 0.29) is 11.6 Å². The van der Waals surface area contributed by atoms with E-state index in [1.807, 2.05) is 37.3 Å². The van der Waals surface area contributed by atoms with Gasteiger partial charge in [-0.05, 0) is 67.9 Å². The molecule has 28 heavy (non-hydrogen) atoms. The number of anilines is 1. The van der Waals surface area contributed by atoms with E-state index in [9.17, 15) is 10.1 Å². The zero-order chi connectivity index (χ0) is 19.9. The Morgan fingerprint density at radius 1 is 1.14 bits per heavy atom. The Morgan fingerprint density at radius 2 is 1.86 bits per heavy atom. The van der Waals surface area contributed by atoms with Gasteiger partial charge in [-0.2, -0.15) is 5.26 Å². The number of aryl methyl sites for hydroxylation is 3. The largest absolute Gasteiger partial charge is 0.383 e. The number of benzene rings is 2. The van der Waals surface area contributed by atoms with E-state index in [1.165, 1.54) is 35.7 Å². The number of carbonyl (C=O) groups is 1. The van der Waals surface area contributed by atoms with Crippen molar-refractivity contribution in [1.82, 2.24) is 5.32 Å². The number of hydrogen-bond acceptors (Lipinski definition) is 3. The summed E-state index contributed by atoms with van der Waals surface area (Å²) in [4.78, 5) is 12.4. The van der Waals surface area contributed by atoms with Gasteiger partial charge >= 0.3 is 0 Å². The highest BCUT2D eigenvalue weighted by Crippen LogP contribution is 2.26. The van der Waals surface area contributed by atoms with Gasteiger partial charge in [-0.3, -0.25) is 4.79 Å². The monoisotopic (exact) mass is 373 g/mol. The number of nitriles is 1. The zero-order valence-electron chi connectivity index (χ0n) is 16.6. The maximum atomic E-state index is 12.4. The van der Waals surface area contributed by atoms with Crippen molar-refractivity contribution in [1.29, 1.82) is 5.26 Å². The summed E-state index contributed by atoms with van der Waals surface area (Å²) in [5.74, 6) is -0.404. The molecule has 1 unspecified atom stereocenters. The number of fused-ring (bicyclic) bond motifs is 1. The van der Waals surface area contributed by atoms with Crippen LogP contribution in [0.5, 0.6) is 0 Å². The van der Waals surface area contributed by atoms with Gasteiger partial charge in [-0.1, -0.05) is 42.8 Å². The van der Waals surface area contributed by atoms with Crippen LogP contribution in [0, 0.1) is 18.3 Å². The molecule has 0 saturated carbocycles. The van der Waals surface area contributed by atoms with Gasteiger partial charge in [0, 0.05) is 11.9 Å². The molecule has 0 fully saturated rings. The quantitative estimate of drug-likeness (QED) is 0.555. The minimum atomic E-state index is -0.404. The molecule has 0 aliphatic heterocycles. The van der Waals surface area contributed by atoms with Crippen molar-refractivity contribution in [2.24, 2.45) is 0 Å². The molecule has 0 heterocycles. The second-order valence-corrected chi connectivity index (χ2v) is 7.35. The van der Waals surface area contributed by atoms with Gasteiger partial charge in [0.1, 0.15) is 11.6 Å². The lowest BCUT2D eigenvalue weighted by Gasteiger charge is -2.21. The molecular weight excluding hydrogens is 346 g/mol. The first-order valence-corrected chi connectivity index (χ1v) is 9.96. The molecule has 1 aliphatic rings. The van der Waals surface area contributed by atoms with Crippen molar-refractivity contribution in [2.45, 2.75) is 52.0 Å². The van der Waals surface area contributed by atoms with E-state index < -0.39 is 5.91 Å². The predicted octanol–water partition coefficient (Wildman–Crippen LogP) is 4.96. The van der Waals surface area contributed by atoms with Crippen LogP contribution in [-0.2, 0) is 17.6 Å². The molecule has 2 N–H and O–H groups in total. The van der Waals surface area contributed by atoms with Crippen molar-refractivity contribution in [3.05, 3.63) is 76.5 Å². The van der Waals surface area contributed by atoms with E-state index in [1.54, 1.807) is 0 Å². The lowest BCUT2D eigenvalue weighted by atomic mass is 9.89. The Hall–Kier alpha value is -3.06. The summed E-state index contributed by atoms with van der Waals surface area (Å²) < 4.78 is 0. The highest BCUT2D eigenvalue weighted by Gasteiger charge is 2.15. The van der Waals surface area contributed by atoms with Crippen LogP contribution in [0.2, 0.25) is 0 Å². The van der Waals surface area contributed by atoms with Crippen molar-refractivity contribution >= 4 is 11.6 Å². The van der Waals surface area contributed by atoms with Gasteiger partial charge < -0.3 is 10.6 Å². The van der Waals surface area contributed by atoms with Crippen molar-refractivity contribution in [2.75, 3.05) is 5.32 Å². The van der Waals surface area contributed by atoms with Gasteiger partial charge in [0.05, 0.1) is 6.04 Å². The second-order valence-electron chi connectivity index (χ2n) is 7.35. The van der Waals surface area contributed by atoms with Gasteiger partial charge in [0.25, 0.3) is 5.91 Å². The molecule has 0 bridgehead atoms. The molecule has 4 nitrogen and oxygen atoms in total. The van der Waals surface area contributed by atoms with Crippen molar-refractivity contribution in [3.8, 4) is 6.07 Å². The molecule has 1 aliphatic carbocycles. The number of rotatable bonds is 6. The van der Waals surface area contributed by atoms with Crippen LogP contribution in [0.25, 0.3) is 0 Å². The third-order valence-corrected chi connectivity index (χ3v) is 5.29. The second kappa shape index (κ2) is 9.23. The molecule has 0 aromatic heterocycles. The fourth-order valence-corrected chi connectivity index (χ4v) is 3.59. The molecule has 1 atom stereocenters. The summed E-state index contributed by atoms with van der Waals surface area (Å²) in [7, 11) is 0. The lowest BCUT2D eigenvalue weighted by Crippen LogP contribution is -2.20. The minimum absolute atomic E-state index is 0.0667. The van der Waals surface area contributed by atoms with E-state index in [4.69, 9.17) is 0 Å². The fourth-order valence-electron chi connectivity index (χ4n) is 3.59. The maximum absolute atomic E-state index is 12.4. The summed E-state index contributed by atoms with van der Waals surface area (Å²) in [6, 6.07) is 16.3. The first kappa shape index (κ1) is 19.7. The molecule has 2 aromatic rings. The molecule has 1 amide bonds. The minimum Gasteiger partial charge on any atom is -0.383 e. The van der Waals surface area contributed by atoms with Crippen LogP contribution < -0.4 is 10.6 Å². The van der Waals surface area contributed by atoms with Crippen molar-refractivity contribution in [3.63, 3.8) is 0 Å². The SMILES string of the molecule is CCC(N/C=C(/C#N)C(=O)Nc1ccc(C)cc1)c1ccc2c(c1)CCCC2. The Labute approximate surface area is 167 Å². The molecule has 0 spiro atoms. The Kier molecular flexibility index (Phi) is 6.49. The first-order valence-electron chi connectivity index (χ1n) is 9.96. The molecule has 0 saturated heterocycles. The number of carbonyl (C=O) groups excluding carboxylic acids is 1.